The first-order chi connectivity index (χ1) is 15.7. The second kappa shape index (κ2) is 9.02. The van der Waals surface area contributed by atoms with Crippen molar-refractivity contribution in [3.05, 3.63) is 82.3 Å². The van der Waals surface area contributed by atoms with Gasteiger partial charge < -0.3 is 15.4 Å². The SMILES string of the molecule is Cc1c(C(=O)NC[C@@H]2OCCc3ccccc32)sc2ncnc(NCc3ccccn3)c12. The average molecular weight is 446 g/mol. The Hall–Kier alpha value is -3.36. The zero-order chi connectivity index (χ0) is 21.9. The Morgan fingerprint density at radius 1 is 1.16 bits per heavy atom. The highest BCUT2D eigenvalue weighted by molar-refractivity contribution is 7.20. The number of hydrogen-bond donors (Lipinski definition) is 2. The molecule has 1 aliphatic heterocycles. The molecule has 0 bridgehead atoms. The van der Waals surface area contributed by atoms with Crippen LogP contribution in [0.2, 0.25) is 0 Å². The second-order valence-corrected chi connectivity index (χ2v) is 8.65. The van der Waals surface area contributed by atoms with Crippen molar-refractivity contribution in [2.45, 2.75) is 26.0 Å². The molecule has 1 aliphatic rings. The summed E-state index contributed by atoms with van der Waals surface area (Å²) in [6, 6.07) is 14.0. The molecular formula is C24H23N5O2S. The summed E-state index contributed by atoms with van der Waals surface area (Å²) in [6.45, 7) is 3.58. The van der Waals surface area contributed by atoms with Crippen LogP contribution < -0.4 is 10.6 Å². The van der Waals surface area contributed by atoms with Crippen molar-refractivity contribution in [1.82, 2.24) is 20.3 Å². The average Bonchev–Trinajstić information content (AvgIpc) is 3.19. The van der Waals surface area contributed by atoms with E-state index in [1.54, 1.807) is 6.20 Å². The normalized spacial score (nSPS) is 15.3. The fourth-order valence-electron chi connectivity index (χ4n) is 4.01. The van der Waals surface area contributed by atoms with E-state index in [1.165, 1.54) is 23.2 Å². The van der Waals surface area contributed by atoms with Crippen LogP contribution >= 0.6 is 11.3 Å². The maximum Gasteiger partial charge on any atom is 0.261 e. The summed E-state index contributed by atoms with van der Waals surface area (Å²) >= 11 is 1.38. The van der Waals surface area contributed by atoms with Gasteiger partial charge >= 0.3 is 0 Å². The van der Waals surface area contributed by atoms with E-state index in [4.69, 9.17) is 4.74 Å². The summed E-state index contributed by atoms with van der Waals surface area (Å²) in [6.07, 6.45) is 4.06. The number of hydrogen-bond acceptors (Lipinski definition) is 7. The van der Waals surface area contributed by atoms with Crippen LogP contribution in [0, 0.1) is 6.92 Å². The Kier molecular flexibility index (Phi) is 5.79. The van der Waals surface area contributed by atoms with E-state index in [0.29, 0.717) is 30.4 Å². The summed E-state index contributed by atoms with van der Waals surface area (Å²) < 4.78 is 5.92. The van der Waals surface area contributed by atoms with Crippen molar-refractivity contribution in [3.63, 3.8) is 0 Å². The number of benzene rings is 1. The number of nitrogens with one attached hydrogen (secondary N) is 2. The molecule has 0 saturated carbocycles. The minimum atomic E-state index is -0.131. The smallest absolute Gasteiger partial charge is 0.261 e. The molecule has 7 nitrogen and oxygen atoms in total. The van der Waals surface area contributed by atoms with Gasteiger partial charge in [-0.1, -0.05) is 30.3 Å². The quantitative estimate of drug-likeness (QED) is 0.465. The van der Waals surface area contributed by atoms with Crippen molar-refractivity contribution >= 4 is 33.3 Å². The van der Waals surface area contributed by atoms with Crippen molar-refractivity contribution in [1.29, 1.82) is 0 Å². The van der Waals surface area contributed by atoms with E-state index in [9.17, 15) is 4.79 Å². The van der Waals surface area contributed by atoms with Crippen molar-refractivity contribution in [3.8, 4) is 0 Å². The maximum absolute atomic E-state index is 13.0. The Balaban J connectivity index is 1.33. The molecule has 4 aromatic rings. The molecule has 8 heteroatoms. The highest BCUT2D eigenvalue weighted by Gasteiger charge is 2.23. The summed E-state index contributed by atoms with van der Waals surface area (Å²) in [5, 5.41) is 7.26. The first-order valence-corrected chi connectivity index (χ1v) is 11.4. The van der Waals surface area contributed by atoms with Crippen LogP contribution in [0.5, 0.6) is 0 Å². The van der Waals surface area contributed by atoms with Gasteiger partial charge in [0.2, 0.25) is 0 Å². The second-order valence-electron chi connectivity index (χ2n) is 7.65. The van der Waals surface area contributed by atoms with Crippen LogP contribution in [0.25, 0.3) is 10.2 Å². The number of anilines is 1. The van der Waals surface area contributed by atoms with Crippen molar-refractivity contribution in [2.24, 2.45) is 0 Å². The summed E-state index contributed by atoms with van der Waals surface area (Å²) in [5.74, 6) is 0.589. The zero-order valence-electron chi connectivity index (χ0n) is 17.7. The predicted octanol–water partition coefficient (Wildman–Crippen LogP) is 4.05. The van der Waals surface area contributed by atoms with Gasteiger partial charge in [0.1, 0.15) is 23.1 Å². The van der Waals surface area contributed by atoms with Crippen LogP contribution in [0.15, 0.2) is 55.0 Å². The van der Waals surface area contributed by atoms with E-state index in [2.05, 4.69) is 37.7 Å². The Labute approximate surface area is 189 Å². The van der Waals surface area contributed by atoms with E-state index in [1.807, 2.05) is 37.3 Å². The molecule has 5 rings (SSSR count). The molecule has 1 atom stereocenters. The highest BCUT2D eigenvalue weighted by atomic mass is 32.1. The molecule has 32 heavy (non-hydrogen) atoms. The van der Waals surface area contributed by atoms with Crippen LogP contribution in [-0.4, -0.2) is 34.0 Å². The topological polar surface area (TPSA) is 89.0 Å². The molecule has 0 fully saturated rings. The molecule has 2 N–H and O–H groups in total. The largest absolute Gasteiger partial charge is 0.371 e. The molecule has 0 saturated heterocycles. The molecule has 3 aromatic heterocycles. The molecule has 162 valence electrons. The number of thiophene rings is 1. The molecule has 1 amide bonds. The maximum atomic E-state index is 13.0. The highest BCUT2D eigenvalue weighted by Crippen LogP contribution is 2.33. The van der Waals surface area contributed by atoms with Gasteiger partial charge in [0.05, 0.1) is 29.1 Å². The van der Waals surface area contributed by atoms with Gasteiger partial charge in [-0.25, -0.2) is 9.97 Å². The number of aryl methyl sites for hydroxylation is 1. The molecule has 0 radical (unpaired) electrons. The number of carbonyl (C=O) groups excluding carboxylic acids is 1. The Morgan fingerprint density at radius 3 is 2.91 bits per heavy atom. The van der Waals surface area contributed by atoms with E-state index in [0.717, 1.165) is 33.5 Å². The van der Waals surface area contributed by atoms with Crippen LogP contribution in [0.4, 0.5) is 5.82 Å². The standard InChI is InChI=1S/C24H23N5O2S/c1-15-20-22(26-12-17-7-4-5-10-25-17)28-14-29-24(20)32-21(15)23(30)27-13-19-18-8-3-2-6-16(18)9-11-31-19/h2-8,10,14,19H,9,11-13H2,1H3,(H,27,30)(H,26,28,29)/t19-/m0/s1. The number of amides is 1. The summed E-state index contributed by atoms with van der Waals surface area (Å²) in [4.78, 5) is 27.6. The van der Waals surface area contributed by atoms with Crippen LogP contribution in [0.1, 0.15) is 38.2 Å². The Morgan fingerprint density at radius 2 is 2.03 bits per heavy atom. The lowest BCUT2D eigenvalue weighted by molar-refractivity contribution is 0.0412. The number of fused-ring (bicyclic) bond motifs is 2. The third kappa shape index (κ3) is 4.06. The monoisotopic (exact) mass is 445 g/mol. The fraction of sp³-hybridized carbons (Fsp3) is 0.250. The van der Waals surface area contributed by atoms with Gasteiger partial charge in [0, 0.05) is 12.7 Å². The van der Waals surface area contributed by atoms with E-state index >= 15 is 0 Å². The van der Waals surface area contributed by atoms with E-state index in [-0.39, 0.29) is 12.0 Å². The van der Waals surface area contributed by atoms with E-state index < -0.39 is 0 Å². The van der Waals surface area contributed by atoms with Gasteiger partial charge in [-0.05, 0) is 42.2 Å². The first-order valence-electron chi connectivity index (χ1n) is 10.6. The molecule has 4 heterocycles. The Bertz CT molecular complexity index is 1260. The number of rotatable bonds is 6. The number of ether oxygens (including phenoxy) is 1. The number of carbonyl (C=O) groups is 1. The lowest BCUT2D eigenvalue weighted by Gasteiger charge is -2.26. The zero-order valence-corrected chi connectivity index (χ0v) is 18.5. The van der Waals surface area contributed by atoms with Crippen LogP contribution in [0.3, 0.4) is 0 Å². The third-order valence-electron chi connectivity index (χ3n) is 5.64. The number of aromatic nitrogens is 3. The molecule has 1 aromatic carbocycles. The molecule has 0 unspecified atom stereocenters. The summed E-state index contributed by atoms with van der Waals surface area (Å²) in [7, 11) is 0. The van der Waals surface area contributed by atoms with Gasteiger partial charge in [-0.2, -0.15) is 0 Å². The summed E-state index contributed by atoms with van der Waals surface area (Å²) in [5.41, 5.74) is 4.23. The van der Waals surface area contributed by atoms with Gasteiger partial charge in [-0.3, -0.25) is 9.78 Å². The van der Waals surface area contributed by atoms with Crippen molar-refractivity contribution < 1.29 is 9.53 Å². The lowest BCUT2D eigenvalue weighted by atomic mass is 9.97. The third-order valence-corrected chi connectivity index (χ3v) is 6.84. The predicted molar refractivity (Wildman–Crippen MR) is 125 cm³/mol. The van der Waals surface area contributed by atoms with Crippen molar-refractivity contribution in [2.75, 3.05) is 18.5 Å². The van der Waals surface area contributed by atoms with Gasteiger partial charge in [-0.15, -0.1) is 11.3 Å². The molecular weight excluding hydrogens is 422 g/mol. The lowest BCUT2D eigenvalue weighted by Crippen LogP contribution is -2.31. The minimum absolute atomic E-state index is 0.118. The van der Waals surface area contributed by atoms with Gasteiger partial charge in [0.25, 0.3) is 5.91 Å². The minimum Gasteiger partial charge on any atom is -0.371 e. The fourth-order valence-corrected chi connectivity index (χ4v) is 5.08. The van der Waals surface area contributed by atoms with Crippen LogP contribution in [-0.2, 0) is 17.7 Å². The molecule has 0 aliphatic carbocycles. The number of nitrogens with zero attached hydrogens (tertiary/aromatic N) is 3. The first kappa shape index (κ1) is 20.5. The number of pyridine rings is 1. The van der Waals surface area contributed by atoms with Gasteiger partial charge in [0.15, 0.2) is 0 Å². The molecule has 0 spiro atoms.